The molecule has 3 aromatic rings. The molecule has 114 valence electrons. The molecule has 23 heavy (non-hydrogen) atoms. The molecule has 1 aliphatic heterocycles. The molecule has 1 aromatic heterocycles. The first-order chi connectivity index (χ1) is 11.1. The van der Waals surface area contributed by atoms with Crippen molar-refractivity contribution in [1.29, 1.82) is 0 Å². The number of carboxylic acid groups (broad SMARTS) is 1. The van der Waals surface area contributed by atoms with Gasteiger partial charge in [0.25, 0.3) is 0 Å². The Morgan fingerprint density at radius 3 is 2.65 bits per heavy atom. The number of halogens is 1. The number of fused-ring (bicyclic) bond motifs is 3. The SMILES string of the molecule is O=C(O)c1nn(-c2ccc(Br)cc2)c2c1CSc1ccccc1-2. The van der Waals surface area contributed by atoms with Crippen molar-refractivity contribution in [1.82, 2.24) is 9.78 Å². The number of thioether (sulfide) groups is 1. The normalized spacial score (nSPS) is 12.6. The van der Waals surface area contributed by atoms with Gasteiger partial charge in [-0.25, -0.2) is 9.48 Å². The Bertz CT molecular complexity index is 919. The molecule has 0 spiro atoms. The number of benzene rings is 2. The Labute approximate surface area is 145 Å². The Kier molecular flexibility index (Phi) is 3.50. The molecular weight excluding hydrogens is 376 g/mol. The van der Waals surface area contributed by atoms with Crippen molar-refractivity contribution in [3.8, 4) is 16.9 Å². The molecule has 0 fully saturated rings. The van der Waals surface area contributed by atoms with Crippen LogP contribution in [0.5, 0.6) is 0 Å². The monoisotopic (exact) mass is 386 g/mol. The van der Waals surface area contributed by atoms with Crippen LogP contribution in [0.15, 0.2) is 57.9 Å². The predicted molar refractivity (Wildman–Crippen MR) is 93.2 cm³/mol. The first-order valence-corrected chi connectivity index (χ1v) is 8.76. The summed E-state index contributed by atoms with van der Waals surface area (Å²) in [5.74, 6) is -0.373. The van der Waals surface area contributed by atoms with E-state index >= 15 is 0 Å². The van der Waals surface area contributed by atoms with Crippen LogP contribution < -0.4 is 0 Å². The fourth-order valence-corrected chi connectivity index (χ4v) is 4.08. The van der Waals surface area contributed by atoms with E-state index in [0.717, 1.165) is 31.9 Å². The molecule has 1 aliphatic rings. The summed E-state index contributed by atoms with van der Waals surface area (Å²) >= 11 is 5.07. The van der Waals surface area contributed by atoms with Crippen LogP contribution in [0.1, 0.15) is 16.1 Å². The molecule has 0 radical (unpaired) electrons. The van der Waals surface area contributed by atoms with Crippen molar-refractivity contribution in [3.63, 3.8) is 0 Å². The zero-order chi connectivity index (χ0) is 16.0. The minimum Gasteiger partial charge on any atom is -0.476 e. The van der Waals surface area contributed by atoms with E-state index in [9.17, 15) is 9.90 Å². The van der Waals surface area contributed by atoms with Gasteiger partial charge in [-0.05, 0) is 30.3 Å². The summed E-state index contributed by atoms with van der Waals surface area (Å²) in [5.41, 5.74) is 3.66. The average molecular weight is 387 g/mol. The van der Waals surface area contributed by atoms with Crippen LogP contribution in [0.4, 0.5) is 0 Å². The molecular formula is C17H11BrN2O2S. The Morgan fingerprint density at radius 2 is 1.91 bits per heavy atom. The number of hydrogen-bond acceptors (Lipinski definition) is 3. The van der Waals surface area contributed by atoms with E-state index in [4.69, 9.17) is 0 Å². The van der Waals surface area contributed by atoms with Gasteiger partial charge in [0, 0.05) is 26.2 Å². The van der Waals surface area contributed by atoms with Gasteiger partial charge < -0.3 is 5.11 Å². The first kappa shape index (κ1) is 14.5. The number of carboxylic acids is 1. The summed E-state index contributed by atoms with van der Waals surface area (Å²) < 4.78 is 2.71. The predicted octanol–water partition coefficient (Wildman–Crippen LogP) is 4.61. The van der Waals surface area contributed by atoms with E-state index in [-0.39, 0.29) is 5.69 Å². The van der Waals surface area contributed by atoms with Gasteiger partial charge in [0.05, 0.1) is 11.4 Å². The highest BCUT2D eigenvalue weighted by Crippen LogP contribution is 2.43. The van der Waals surface area contributed by atoms with Crippen LogP contribution >= 0.6 is 27.7 Å². The molecule has 0 amide bonds. The number of nitrogens with zero attached hydrogens (tertiary/aromatic N) is 2. The molecule has 4 rings (SSSR count). The number of rotatable bonds is 2. The van der Waals surface area contributed by atoms with Crippen molar-refractivity contribution in [2.75, 3.05) is 0 Å². The van der Waals surface area contributed by atoms with E-state index in [0.29, 0.717) is 5.75 Å². The van der Waals surface area contributed by atoms with Crippen molar-refractivity contribution in [3.05, 3.63) is 64.3 Å². The quantitative estimate of drug-likeness (QED) is 0.698. The van der Waals surface area contributed by atoms with Gasteiger partial charge in [0.1, 0.15) is 0 Å². The molecule has 1 N–H and O–H groups in total. The first-order valence-electron chi connectivity index (χ1n) is 6.98. The molecule has 0 atom stereocenters. The summed E-state index contributed by atoms with van der Waals surface area (Å²) in [6, 6.07) is 15.7. The summed E-state index contributed by atoms with van der Waals surface area (Å²) in [6.07, 6.45) is 0. The second kappa shape index (κ2) is 5.54. The lowest BCUT2D eigenvalue weighted by Crippen LogP contribution is -2.03. The zero-order valence-electron chi connectivity index (χ0n) is 11.9. The maximum atomic E-state index is 11.6. The van der Waals surface area contributed by atoms with Crippen molar-refractivity contribution in [2.24, 2.45) is 0 Å². The van der Waals surface area contributed by atoms with Gasteiger partial charge in [-0.3, -0.25) is 0 Å². The second-order valence-electron chi connectivity index (χ2n) is 5.15. The van der Waals surface area contributed by atoms with E-state index in [2.05, 4.69) is 27.1 Å². The molecule has 0 bridgehead atoms. The molecule has 0 unspecified atom stereocenters. The van der Waals surface area contributed by atoms with Gasteiger partial charge >= 0.3 is 5.97 Å². The van der Waals surface area contributed by atoms with E-state index in [1.54, 1.807) is 16.4 Å². The molecule has 0 aliphatic carbocycles. The second-order valence-corrected chi connectivity index (χ2v) is 7.09. The topological polar surface area (TPSA) is 55.1 Å². The lowest BCUT2D eigenvalue weighted by Gasteiger charge is -2.18. The van der Waals surface area contributed by atoms with E-state index < -0.39 is 5.97 Å². The van der Waals surface area contributed by atoms with Crippen molar-refractivity contribution < 1.29 is 9.90 Å². The van der Waals surface area contributed by atoms with Crippen LogP contribution in [0.25, 0.3) is 16.9 Å². The van der Waals surface area contributed by atoms with Crippen molar-refractivity contribution in [2.45, 2.75) is 10.6 Å². The summed E-state index contributed by atoms with van der Waals surface area (Å²) in [4.78, 5) is 12.7. The fraction of sp³-hybridized carbons (Fsp3) is 0.0588. The third kappa shape index (κ3) is 2.38. The van der Waals surface area contributed by atoms with Gasteiger partial charge in [-0.2, -0.15) is 5.10 Å². The Hall–Kier alpha value is -2.05. The maximum Gasteiger partial charge on any atom is 0.356 e. The average Bonchev–Trinajstić information content (AvgIpc) is 2.96. The molecule has 6 heteroatoms. The minimum absolute atomic E-state index is 0.130. The number of aromatic carboxylic acids is 1. The zero-order valence-corrected chi connectivity index (χ0v) is 14.3. The third-order valence-electron chi connectivity index (χ3n) is 3.77. The van der Waals surface area contributed by atoms with Crippen molar-refractivity contribution >= 4 is 33.7 Å². The Morgan fingerprint density at radius 1 is 1.17 bits per heavy atom. The van der Waals surface area contributed by atoms with Crippen LogP contribution in [0.3, 0.4) is 0 Å². The maximum absolute atomic E-state index is 11.6. The largest absolute Gasteiger partial charge is 0.476 e. The third-order valence-corrected chi connectivity index (χ3v) is 5.40. The van der Waals surface area contributed by atoms with Gasteiger partial charge in [-0.1, -0.05) is 34.1 Å². The highest BCUT2D eigenvalue weighted by Gasteiger charge is 2.28. The molecule has 0 saturated carbocycles. The molecule has 2 aromatic carbocycles. The summed E-state index contributed by atoms with van der Waals surface area (Å²) in [5, 5.41) is 13.9. The highest BCUT2D eigenvalue weighted by molar-refractivity contribution is 9.10. The molecule has 2 heterocycles. The highest BCUT2D eigenvalue weighted by atomic mass is 79.9. The summed E-state index contributed by atoms with van der Waals surface area (Å²) in [6.45, 7) is 0. The van der Waals surface area contributed by atoms with E-state index in [1.807, 2.05) is 42.5 Å². The molecule has 4 nitrogen and oxygen atoms in total. The fourth-order valence-electron chi connectivity index (χ4n) is 2.74. The van der Waals surface area contributed by atoms with Gasteiger partial charge in [0.2, 0.25) is 0 Å². The number of hydrogen-bond donors (Lipinski definition) is 1. The van der Waals surface area contributed by atoms with Crippen LogP contribution in [0.2, 0.25) is 0 Å². The lowest BCUT2D eigenvalue weighted by atomic mass is 10.1. The smallest absolute Gasteiger partial charge is 0.356 e. The number of carbonyl (C=O) groups is 1. The lowest BCUT2D eigenvalue weighted by molar-refractivity contribution is 0.0689. The van der Waals surface area contributed by atoms with Crippen LogP contribution in [-0.2, 0) is 5.75 Å². The number of aromatic nitrogens is 2. The van der Waals surface area contributed by atoms with E-state index in [1.165, 1.54) is 0 Å². The minimum atomic E-state index is -0.989. The standard InChI is InChI=1S/C17H11BrN2O2S/c18-10-5-7-11(8-6-10)20-16-12-3-1-2-4-14(12)23-9-13(16)15(19-20)17(21)22/h1-8H,9H2,(H,21,22). The van der Waals surface area contributed by atoms with Gasteiger partial charge in [0.15, 0.2) is 5.69 Å². The van der Waals surface area contributed by atoms with Gasteiger partial charge in [-0.15, -0.1) is 11.8 Å². The van der Waals surface area contributed by atoms with Crippen LogP contribution in [0, 0.1) is 0 Å². The molecule has 0 saturated heterocycles. The Balaban J connectivity index is 2.01. The van der Waals surface area contributed by atoms with Crippen LogP contribution in [-0.4, -0.2) is 20.9 Å². The summed E-state index contributed by atoms with van der Waals surface area (Å²) in [7, 11) is 0.